The van der Waals surface area contributed by atoms with Gasteiger partial charge in [0.25, 0.3) is 0 Å². The van der Waals surface area contributed by atoms with Crippen LogP contribution in [0.2, 0.25) is 13.1 Å². The topological polar surface area (TPSA) is 25.8 Å². The van der Waals surface area contributed by atoms with E-state index in [1.165, 1.54) is 66.1 Å². The first-order valence-electron chi connectivity index (χ1n) is 18.4. The molecule has 8 aromatic rings. The summed E-state index contributed by atoms with van der Waals surface area (Å²) in [5.41, 5.74) is 12.6. The minimum absolute atomic E-state index is 0. The van der Waals surface area contributed by atoms with Gasteiger partial charge in [0.1, 0.15) is 0 Å². The summed E-state index contributed by atoms with van der Waals surface area (Å²) in [4.78, 5) is 9.16. The van der Waals surface area contributed by atoms with Gasteiger partial charge in [0.05, 0.1) is 11.4 Å². The van der Waals surface area contributed by atoms with Crippen LogP contribution in [0.3, 0.4) is 0 Å². The third-order valence-electron chi connectivity index (χ3n) is 8.94. The molecule has 0 aliphatic heterocycles. The van der Waals surface area contributed by atoms with Crippen molar-refractivity contribution in [3.63, 3.8) is 0 Å². The van der Waals surface area contributed by atoms with Crippen LogP contribution in [0.25, 0.3) is 66.3 Å². The smallest absolute Gasteiger partial charge is 1.00 e. The number of aromatic nitrogens is 2. The molecule has 0 aliphatic carbocycles. The fourth-order valence-electron chi connectivity index (χ4n) is 6.69. The molecule has 54 heavy (non-hydrogen) atoms. The molecule has 0 unspecified atom stereocenters. The maximum atomic E-state index is 4.58. The molecule has 2 aromatic heterocycles. The van der Waals surface area contributed by atoms with E-state index in [-0.39, 0.29) is 30.2 Å². The van der Waals surface area contributed by atoms with Crippen LogP contribution in [0.1, 0.15) is 37.8 Å². The summed E-state index contributed by atoms with van der Waals surface area (Å²) in [5, 5.41) is 5.18. The van der Waals surface area contributed by atoms with Crippen molar-refractivity contribution < 1.29 is 48.1 Å². The van der Waals surface area contributed by atoms with Gasteiger partial charge in [0, 0.05) is 12.4 Å². The van der Waals surface area contributed by atoms with E-state index in [1.54, 1.807) is 23.3 Å². The number of rotatable bonds is 8. The largest absolute Gasteiger partial charge is 1.00 e. The molecule has 2 heterocycles. The van der Waals surface area contributed by atoms with Crippen molar-refractivity contribution in [2.24, 2.45) is 0 Å². The average Bonchev–Trinajstić information content (AvgIpc) is 3.81. The average molecular weight is 841 g/mol. The van der Waals surface area contributed by atoms with Crippen molar-refractivity contribution in [2.75, 3.05) is 0 Å². The summed E-state index contributed by atoms with van der Waals surface area (Å²) in [7, 11) is 0. The van der Waals surface area contributed by atoms with Crippen LogP contribution < -0.4 is 24.8 Å². The monoisotopic (exact) mass is 838 g/mol. The molecule has 6 heteroatoms. The van der Waals surface area contributed by atoms with Crippen molar-refractivity contribution in [3.8, 4) is 44.8 Å². The van der Waals surface area contributed by atoms with E-state index in [0.29, 0.717) is 0 Å². The predicted molar refractivity (Wildman–Crippen MR) is 222 cm³/mol. The molecule has 0 saturated carbocycles. The Balaban J connectivity index is 0.000000212. The van der Waals surface area contributed by atoms with E-state index in [2.05, 4.69) is 170 Å². The molecule has 8 rings (SSSR count). The van der Waals surface area contributed by atoms with Gasteiger partial charge in [-0.1, -0.05) is 134 Å². The Hall–Kier alpha value is -3.92. The van der Waals surface area contributed by atoms with Gasteiger partial charge in [0.2, 0.25) is 0 Å². The minimum Gasteiger partial charge on any atom is -1.00 e. The van der Waals surface area contributed by atoms with Gasteiger partial charge in [-0.15, -0.1) is 69.1 Å². The molecule has 0 saturated heterocycles. The van der Waals surface area contributed by atoms with Crippen LogP contribution in [-0.4, -0.2) is 15.4 Å². The van der Waals surface area contributed by atoms with Crippen molar-refractivity contribution in [1.29, 1.82) is 0 Å². The first-order chi connectivity index (χ1) is 25.4. The fraction of sp³-hybridized carbons (Fsp3) is 0.167. The SMILES string of the molecule is CCCc1cc(-c2ccccn2)c2cc(-c3ccccc3)[cH-]c2c1.CCCc1cc(-c2ccccn2)c2cc(-c3ccccc3)[cH-]c2c1.C[Si](C)=[Zr+2].[Cl-].[Cl-]. The van der Waals surface area contributed by atoms with Crippen LogP contribution in [0.5, 0.6) is 0 Å². The van der Waals surface area contributed by atoms with Crippen molar-refractivity contribution in [3.05, 3.63) is 169 Å². The van der Waals surface area contributed by atoms with E-state index < -0.39 is 0 Å². The Morgan fingerprint density at radius 1 is 0.519 bits per heavy atom. The molecule has 0 bridgehead atoms. The van der Waals surface area contributed by atoms with Gasteiger partial charge in [-0.25, -0.2) is 0 Å². The first-order valence-corrected chi connectivity index (χ1v) is 24.5. The zero-order valence-electron chi connectivity index (χ0n) is 31.5. The summed E-state index contributed by atoms with van der Waals surface area (Å²) in [6.45, 7) is 9.07. The summed E-state index contributed by atoms with van der Waals surface area (Å²) >= 11 is 1.74. The number of aryl methyl sites for hydroxylation is 2. The van der Waals surface area contributed by atoms with Crippen molar-refractivity contribution in [1.82, 2.24) is 9.97 Å². The van der Waals surface area contributed by atoms with Crippen molar-refractivity contribution in [2.45, 2.75) is 52.6 Å². The zero-order valence-corrected chi connectivity index (χ0v) is 36.5. The standard InChI is InChI=1S/2C23H20N.C2H6Si.2ClH.Zr/c2*1-2-8-17-13-20-15-19(18-9-4-3-5-10-18)16-21(20)22(14-17)23-11-6-7-12-24-23;1-3-2;;;/h2*3-7,9-16H,2,8H2,1H3;1-2H3;2*1H;/q2*-1;;;;+2/p-2. The molecule has 6 aromatic carbocycles. The second-order valence-corrected chi connectivity index (χ2v) is 22.8. The summed E-state index contributed by atoms with van der Waals surface area (Å²) in [6.07, 6.45) is 8.24. The Bertz CT molecular complexity index is 2190. The molecule has 0 radical (unpaired) electrons. The predicted octanol–water partition coefficient (Wildman–Crippen LogP) is 7.27. The molecule has 0 aliphatic rings. The summed E-state index contributed by atoms with van der Waals surface area (Å²) in [5.74, 6) is 0. The Labute approximate surface area is 349 Å². The van der Waals surface area contributed by atoms with Crippen LogP contribution in [0.15, 0.2) is 158 Å². The van der Waals surface area contributed by atoms with Gasteiger partial charge in [-0.3, -0.25) is 9.97 Å². The number of hydrogen-bond acceptors (Lipinski definition) is 2. The second kappa shape index (κ2) is 21.2. The van der Waals surface area contributed by atoms with Gasteiger partial charge < -0.3 is 24.8 Å². The van der Waals surface area contributed by atoms with E-state index in [4.69, 9.17) is 0 Å². The van der Waals surface area contributed by atoms with Crippen LogP contribution in [0, 0.1) is 0 Å². The quantitative estimate of drug-likeness (QED) is 0.119. The van der Waals surface area contributed by atoms with E-state index in [1.807, 2.05) is 24.5 Å². The van der Waals surface area contributed by atoms with Gasteiger partial charge >= 0.3 is 41.9 Å². The molecule has 0 atom stereocenters. The normalized spacial score (nSPS) is 10.3. The van der Waals surface area contributed by atoms with E-state index in [0.717, 1.165) is 37.1 Å². The maximum absolute atomic E-state index is 4.58. The molecular weight excluding hydrogens is 795 g/mol. The second-order valence-electron chi connectivity index (χ2n) is 13.4. The first kappa shape index (κ1) is 42.8. The van der Waals surface area contributed by atoms with E-state index >= 15 is 0 Å². The number of pyridine rings is 2. The van der Waals surface area contributed by atoms with E-state index in [9.17, 15) is 0 Å². The Kier molecular flexibility index (Phi) is 16.8. The molecule has 0 amide bonds. The third-order valence-corrected chi connectivity index (χ3v) is 8.94. The Morgan fingerprint density at radius 2 is 0.889 bits per heavy atom. The molecule has 272 valence electrons. The maximum Gasteiger partial charge on any atom is -1.00 e. The molecule has 0 N–H and O–H groups in total. The number of nitrogens with zero attached hydrogens (tertiary/aromatic N) is 2. The molecule has 2 nitrogen and oxygen atoms in total. The summed E-state index contributed by atoms with van der Waals surface area (Å²) in [6, 6.07) is 51.9. The third kappa shape index (κ3) is 11.1. The van der Waals surface area contributed by atoms with Gasteiger partial charge in [0.15, 0.2) is 0 Å². The summed E-state index contributed by atoms with van der Waals surface area (Å²) < 4.78 is 0. The number of halogens is 2. The van der Waals surface area contributed by atoms with Crippen LogP contribution in [-0.2, 0) is 36.2 Å². The number of benzene rings is 4. The van der Waals surface area contributed by atoms with Gasteiger partial charge in [-0.2, -0.15) is 0 Å². The number of fused-ring (bicyclic) bond motifs is 2. The van der Waals surface area contributed by atoms with Crippen LogP contribution in [0.4, 0.5) is 0 Å². The molecule has 0 spiro atoms. The van der Waals surface area contributed by atoms with Gasteiger partial charge in [-0.05, 0) is 48.2 Å². The van der Waals surface area contributed by atoms with Crippen LogP contribution >= 0.6 is 0 Å². The molecular formula is C48H46Cl2N2SiZr-2. The number of hydrogen-bond donors (Lipinski definition) is 0. The Morgan fingerprint density at radius 3 is 1.22 bits per heavy atom. The molecule has 0 fully saturated rings. The van der Waals surface area contributed by atoms with Crippen molar-refractivity contribution >= 4 is 27.0 Å². The zero-order chi connectivity index (χ0) is 36.3. The minimum atomic E-state index is 0. The fourth-order valence-corrected chi connectivity index (χ4v) is 6.69.